The van der Waals surface area contributed by atoms with Crippen LogP contribution >= 0.6 is 12.6 Å². The first-order chi connectivity index (χ1) is 9.16. The van der Waals surface area contributed by atoms with E-state index < -0.39 is 22.7 Å². The van der Waals surface area contributed by atoms with Gasteiger partial charge in [-0.25, -0.2) is 0 Å². The summed E-state index contributed by atoms with van der Waals surface area (Å²) in [5.74, 6) is -1.38. The number of carbonyl (C=O) groups excluding carboxylic acids is 1. The molecule has 0 aromatic rings. The summed E-state index contributed by atoms with van der Waals surface area (Å²) in [6, 6.07) is 0. The molecular weight excluding hydrogens is 278 g/mol. The van der Waals surface area contributed by atoms with Crippen LogP contribution in [0.5, 0.6) is 0 Å². The normalized spacial score (nSPS) is 29.9. The van der Waals surface area contributed by atoms with E-state index in [1.165, 1.54) is 0 Å². The van der Waals surface area contributed by atoms with Crippen LogP contribution in [0.25, 0.3) is 0 Å². The second-order valence-corrected chi connectivity index (χ2v) is 6.79. The quantitative estimate of drug-likeness (QED) is 0.517. The number of methoxy groups -OCH3 is 1. The van der Waals surface area contributed by atoms with Gasteiger partial charge >= 0.3 is 5.97 Å². The van der Waals surface area contributed by atoms with Crippen LogP contribution in [0.4, 0.5) is 0 Å². The van der Waals surface area contributed by atoms with E-state index in [1.807, 2.05) is 20.8 Å². The zero-order valence-corrected chi connectivity index (χ0v) is 13.5. The van der Waals surface area contributed by atoms with Gasteiger partial charge in [-0.15, -0.1) is 12.6 Å². The third-order valence-corrected chi connectivity index (χ3v) is 5.44. The van der Waals surface area contributed by atoms with Crippen LogP contribution in [0.2, 0.25) is 0 Å². The van der Waals surface area contributed by atoms with Crippen molar-refractivity contribution in [3.05, 3.63) is 0 Å². The average Bonchev–Trinajstić information content (AvgIpc) is 2.61. The predicted molar refractivity (Wildman–Crippen MR) is 79.7 cm³/mol. The number of hydrogen-bond donors (Lipinski definition) is 3. The molecule has 1 saturated carbocycles. The molecule has 0 aromatic carbocycles. The number of hydrogen-bond acceptors (Lipinski definition) is 4. The Labute approximate surface area is 125 Å². The van der Waals surface area contributed by atoms with Crippen LogP contribution in [-0.2, 0) is 14.3 Å². The first-order valence-corrected chi connectivity index (χ1v) is 7.40. The van der Waals surface area contributed by atoms with Gasteiger partial charge < -0.3 is 15.2 Å². The Morgan fingerprint density at radius 1 is 1.45 bits per heavy atom. The molecule has 1 aliphatic carbocycles. The van der Waals surface area contributed by atoms with E-state index in [9.17, 15) is 14.7 Å². The summed E-state index contributed by atoms with van der Waals surface area (Å²) in [7, 11) is 1.57. The third kappa shape index (κ3) is 3.11. The molecule has 1 fully saturated rings. The van der Waals surface area contributed by atoms with Crippen molar-refractivity contribution in [3.8, 4) is 0 Å². The van der Waals surface area contributed by atoms with Gasteiger partial charge in [-0.05, 0) is 18.3 Å². The van der Waals surface area contributed by atoms with Gasteiger partial charge in [0, 0.05) is 20.1 Å². The number of amides is 1. The second kappa shape index (κ2) is 6.35. The monoisotopic (exact) mass is 303 g/mol. The highest BCUT2D eigenvalue weighted by Crippen LogP contribution is 2.56. The number of thiol groups is 1. The highest BCUT2D eigenvalue weighted by atomic mass is 32.1. The Balaban J connectivity index is 2.69. The molecule has 1 aliphatic rings. The molecule has 0 radical (unpaired) electrons. The maximum absolute atomic E-state index is 12.5. The molecular formula is C14H25NO4S. The fourth-order valence-electron chi connectivity index (χ4n) is 2.96. The van der Waals surface area contributed by atoms with Gasteiger partial charge in [-0.2, -0.15) is 0 Å². The largest absolute Gasteiger partial charge is 0.481 e. The summed E-state index contributed by atoms with van der Waals surface area (Å²) >= 11 is 4.19. The van der Waals surface area contributed by atoms with Crippen molar-refractivity contribution in [1.29, 1.82) is 0 Å². The summed E-state index contributed by atoms with van der Waals surface area (Å²) in [5.41, 5.74) is -1.42. The maximum Gasteiger partial charge on any atom is 0.307 e. The summed E-state index contributed by atoms with van der Waals surface area (Å²) in [5, 5.41) is 12.2. The number of rotatable bonds is 6. The lowest BCUT2D eigenvalue weighted by Gasteiger charge is -2.39. The molecule has 5 nitrogen and oxygen atoms in total. The molecule has 6 heteroatoms. The van der Waals surface area contributed by atoms with Crippen molar-refractivity contribution in [3.63, 3.8) is 0 Å². The van der Waals surface area contributed by atoms with Gasteiger partial charge in [0.2, 0.25) is 5.91 Å². The van der Waals surface area contributed by atoms with Crippen molar-refractivity contribution in [2.45, 2.75) is 45.5 Å². The maximum atomic E-state index is 12.5. The molecule has 0 bridgehead atoms. The highest BCUT2D eigenvalue weighted by Gasteiger charge is 2.58. The van der Waals surface area contributed by atoms with Crippen molar-refractivity contribution >= 4 is 24.5 Å². The molecule has 0 saturated heterocycles. The Kier molecular flexibility index (Phi) is 5.49. The van der Waals surface area contributed by atoms with Gasteiger partial charge in [0.05, 0.1) is 11.3 Å². The first kappa shape index (κ1) is 17.3. The van der Waals surface area contributed by atoms with E-state index in [-0.39, 0.29) is 11.3 Å². The van der Waals surface area contributed by atoms with Gasteiger partial charge in [-0.1, -0.05) is 20.8 Å². The molecule has 0 aromatic heterocycles. The average molecular weight is 303 g/mol. The fraction of sp³-hybridized carbons (Fsp3) is 0.857. The van der Waals surface area contributed by atoms with Crippen molar-refractivity contribution in [2.75, 3.05) is 13.7 Å². The third-order valence-electron chi connectivity index (χ3n) is 4.97. The molecule has 3 atom stereocenters. The van der Waals surface area contributed by atoms with Crippen molar-refractivity contribution in [2.24, 2.45) is 16.7 Å². The van der Waals surface area contributed by atoms with Crippen LogP contribution < -0.4 is 5.32 Å². The molecule has 116 valence electrons. The lowest BCUT2D eigenvalue weighted by atomic mass is 9.65. The van der Waals surface area contributed by atoms with E-state index in [0.29, 0.717) is 25.8 Å². The van der Waals surface area contributed by atoms with Crippen molar-refractivity contribution < 1.29 is 19.4 Å². The van der Waals surface area contributed by atoms with E-state index >= 15 is 0 Å². The van der Waals surface area contributed by atoms with E-state index in [4.69, 9.17) is 4.74 Å². The van der Waals surface area contributed by atoms with E-state index in [1.54, 1.807) is 7.11 Å². The molecule has 0 heterocycles. The van der Waals surface area contributed by atoms with Gasteiger partial charge in [0.15, 0.2) is 0 Å². The topological polar surface area (TPSA) is 75.6 Å². The Bertz CT molecular complexity index is 385. The number of carboxylic acid groups (broad SMARTS) is 1. The first-order valence-electron chi connectivity index (χ1n) is 6.88. The van der Waals surface area contributed by atoms with Gasteiger partial charge in [0.25, 0.3) is 0 Å². The summed E-state index contributed by atoms with van der Waals surface area (Å²) in [6.45, 7) is 6.08. The standard InChI is InChI=1S/C14H25NO4S/c1-13(2)9(11(16)17)5-7-14(13,3)12(18)15-8-6-10(20)19-4/h9-10,20H,5-8H2,1-4H3,(H,15,18)(H,16,17). The Morgan fingerprint density at radius 2 is 2.05 bits per heavy atom. The van der Waals surface area contributed by atoms with Gasteiger partial charge in [0.1, 0.15) is 5.44 Å². The summed E-state index contributed by atoms with van der Waals surface area (Å²) in [4.78, 5) is 23.8. The highest BCUT2D eigenvalue weighted by molar-refractivity contribution is 7.80. The van der Waals surface area contributed by atoms with Crippen LogP contribution in [0.15, 0.2) is 0 Å². The SMILES string of the molecule is COC(S)CCNC(=O)C1(C)CCC(C(=O)O)C1(C)C. The molecule has 20 heavy (non-hydrogen) atoms. The van der Waals surface area contributed by atoms with Crippen LogP contribution in [0, 0.1) is 16.7 Å². The Hall–Kier alpha value is -0.750. The van der Waals surface area contributed by atoms with Crippen molar-refractivity contribution in [1.82, 2.24) is 5.32 Å². The minimum atomic E-state index is -0.818. The zero-order chi connectivity index (χ0) is 15.6. The predicted octanol–water partition coefficient (Wildman–Crippen LogP) is 1.92. The smallest absolute Gasteiger partial charge is 0.307 e. The number of carbonyl (C=O) groups is 2. The van der Waals surface area contributed by atoms with Crippen LogP contribution in [0.3, 0.4) is 0 Å². The minimum Gasteiger partial charge on any atom is -0.481 e. The Morgan fingerprint density at radius 3 is 2.50 bits per heavy atom. The van der Waals surface area contributed by atoms with Gasteiger partial charge in [-0.3, -0.25) is 9.59 Å². The zero-order valence-electron chi connectivity index (χ0n) is 12.6. The van der Waals surface area contributed by atoms with Crippen LogP contribution in [-0.4, -0.2) is 36.1 Å². The number of aliphatic carboxylic acids is 1. The number of carboxylic acids is 1. The molecule has 1 amide bonds. The molecule has 0 aliphatic heterocycles. The minimum absolute atomic E-state index is 0.0807. The lowest BCUT2D eigenvalue weighted by Crippen LogP contribution is -2.48. The number of nitrogens with one attached hydrogen (secondary N) is 1. The summed E-state index contributed by atoms with van der Waals surface area (Å²) in [6.07, 6.45) is 1.75. The van der Waals surface area contributed by atoms with E-state index in [2.05, 4.69) is 17.9 Å². The molecule has 3 unspecified atom stereocenters. The fourth-order valence-corrected chi connectivity index (χ4v) is 3.09. The molecule has 1 rings (SSSR count). The van der Waals surface area contributed by atoms with E-state index in [0.717, 1.165) is 0 Å². The summed E-state index contributed by atoms with van der Waals surface area (Å²) < 4.78 is 5.01. The number of ether oxygens (including phenoxy) is 1. The second-order valence-electron chi connectivity index (χ2n) is 6.22. The molecule has 0 spiro atoms. The lowest BCUT2D eigenvalue weighted by molar-refractivity contribution is -0.148. The molecule has 2 N–H and O–H groups in total. The van der Waals surface area contributed by atoms with Crippen LogP contribution in [0.1, 0.15) is 40.0 Å².